The largest absolute Gasteiger partial charge is 1.00 e. The quantitative estimate of drug-likeness (QED) is 0.178. The molecule has 8 heteroatoms. The molecule has 0 fully saturated rings. The fourth-order valence-corrected chi connectivity index (χ4v) is 0.335. The van der Waals surface area contributed by atoms with E-state index >= 15 is 0 Å². The molecule has 0 saturated carbocycles. The zero-order chi connectivity index (χ0) is 5.91. The molecule has 0 saturated heterocycles. The van der Waals surface area contributed by atoms with Crippen LogP contribution >= 0.6 is 8.69 Å². The molecule has 0 spiro atoms. The smallest absolute Gasteiger partial charge is 0.725 e. The van der Waals surface area contributed by atoms with E-state index in [-0.39, 0.29) is 18.9 Å². The molecule has 0 aromatic carbocycles. The van der Waals surface area contributed by atoms with Gasteiger partial charge in [0, 0.05) is 0 Å². The van der Waals surface area contributed by atoms with Gasteiger partial charge in [-0.05, 0) is 0 Å². The standard InChI is InChI=1S/Li.HO5PS/c;1-6-5-7(2,3)4/h;(H,2,3,4)/q+1;/p-1. The second kappa shape index (κ2) is 4.45. The van der Waals surface area contributed by atoms with Crippen LogP contribution in [0.4, 0.5) is 0 Å². The van der Waals surface area contributed by atoms with Crippen LogP contribution in [0.25, 0.3) is 0 Å². The van der Waals surface area contributed by atoms with Crippen molar-refractivity contribution in [3.8, 4) is 0 Å². The third-order valence-corrected chi connectivity index (χ3v) is 1.10. The molecular formula is LiO5PS. The Labute approximate surface area is 59.8 Å². The Morgan fingerprint density at radius 2 is 1.88 bits per heavy atom. The summed E-state index contributed by atoms with van der Waals surface area (Å²) in [6, 6.07) is 0. The maximum atomic E-state index is 9.25. The summed E-state index contributed by atoms with van der Waals surface area (Å²) in [7, 11) is -5.89. The van der Waals surface area contributed by atoms with Crippen molar-refractivity contribution < 1.29 is 40.4 Å². The fourth-order valence-electron chi connectivity index (χ4n) is 0.0373. The molecular weight excluding hydrogens is 150 g/mol. The third-order valence-electron chi connectivity index (χ3n) is 0.122. The van der Waals surface area contributed by atoms with E-state index in [4.69, 9.17) is 4.57 Å². The van der Waals surface area contributed by atoms with Crippen molar-refractivity contribution in [1.82, 2.24) is 0 Å². The monoisotopic (exact) mass is 150 g/mol. The van der Waals surface area contributed by atoms with Gasteiger partial charge in [0.05, 0.1) is 0 Å². The van der Waals surface area contributed by atoms with Crippen molar-refractivity contribution >= 4 is 19.1 Å². The van der Waals surface area contributed by atoms with Crippen molar-refractivity contribution in [2.45, 2.75) is 0 Å². The Kier molecular flexibility index (Phi) is 6.32. The molecule has 0 rings (SSSR count). The van der Waals surface area contributed by atoms with Crippen LogP contribution in [0, 0.1) is 0 Å². The molecule has 0 amide bonds. The minimum absolute atomic E-state index is 0. The van der Waals surface area contributed by atoms with Crippen molar-refractivity contribution in [3.05, 3.63) is 0 Å². The van der Waals surface area contributed by atoms with Crippen LogP contribution in [0.15, 0.2) is 0 Å². The topological polar surface area (TPSA) is 83.5 Å². The molecule has 0 radical (unpaired) electrons. The predicted molar refractivity (Wildman–Crippen MR) is 18.4 cm³/mol. The summed E-state index contributed by atoms with van der Waals surface area (Å²) in [4.78, 5) is 0. The molecule has 0 bridgehead atoms. The van der Waals surface area contributed by atoms with E-state index in [1.165, 1.54) is 0 Å². The zero-order valence-electron chi connectivity index (χ0n) is 3.90. The van der Waals surface area contributed by atoms with Gasteiger partial charge in [-0.15, -0.1) is 0 Å². The van der Waals surface area contributed by atoms with Crippen LogP contribution in [-0.4, -0.2) is 13.0 Å². The first-order valence-electron chi connectivity index (χ1n) is 1.03. The summed E-state index contributed by atoms with van der Waals surface area (Å²) in [5.74, 6) is 0. The Balaban J connectivity index is 0. The van der Waals surface area contributed by atoms with Gasteiger partial charge in [-0.25, -0.2) is 13.0 Å². The van der Waals surface area contributed by atoms with Gasteiger partial charge < -0.3 is 4.55 Å². The van der Waals surface area contributed by atoms with E-state index in [9.17, 15) is 13.0 Å². The zero-order valence-corrected chi connectivity index (χ0v) is 5.61. The normalized spacial score (nSPS) is 10.6. The van der Waals surface area contributed by atoms with Crippen molar-refractivity contribution in [2.75, 3.05) is 0 Å². The van der Waals surface area contributed by atoms with E-state index in [1.54, 1.807) is 0 Å². The molecule has 0 aromatic heterocycles. The molecule has 8 heavy (non-hydrogen) atoms. The molecule has 0 atom stereocenters. The number of rotatable bonds is 2. The fraction of sp³-hybridized carbons (Fsp3) is 0. The van der Waals surface area contributed by atoms with E-state index < -0.39 is 19.1 Å². The van der Waals surface area contributed by atoms with Gasteiger partial charge in [-0.2, -0.15) is 3.97 Å². The van der Waals surface area contributed by atoms with Gasteiger partial charge in [-0.1, -0.05) is 0 Å². The van der Waals surface area contributed by atoms with Gasteiger partial charge in [-0.3, -0.25) is 0 Å². The SMILES string of the molecule is O=POS(=O)(=O)[O-].[Li+]. The Bertz CT molecular complexity index is 146. The molecule has 0 aliphatic rings. The van der Waals surface area contributed by atoms with Gasteiger partial charge in [0.1, 0.15) is 0 Å². The van der Waals surface area contributed by atoms with Gasteiger partial charge >= 0.3 is 27.5 Å². The molecule has 0 aromatic rings. The van der Waals surface area contributed by atoms with Gasteiger partial charge in [0.15, 0.2) is 0 Å². The second-order valence-electron chi connectivity index (χ2n) is 0.557. The maximum Gasteiger partial charge on any atom is 1.00 e. The molecule has 42 valence electrons. The van der Waals surface area contributed by atoms with Crippen LogP contribution in [0.5, 0.6) is 0 Å². The Morgan fingerprint density at radius 1 is 1.50 bits per heavy atom. The molecule has 0 unspecified atom stereocenters. The Hall–Kier alpha value is 0.567. The van der Waals surface area contributed by atoms with E-state index in [0.717, 1.165) is 0 Å². The second-order valence-corrected chi connectivity index (χ2v) is 2.12. The number of hydrogen-bond acceptors (Lipinski definition) is 5. The molecule has 0 aliphatic carbocycles. The van der Waals surface area contributed by atoms with Crippen molar-refractivity contribution in [2.24, 2.45) is 0 Å². The van der Waals surface area contributed by atoms with Crippen molar-refractivity contribution in [1.29, 1.82) is 0 Å². The minimum Gasteiger partial charge on any atom is -0.725 e. The predicted octanol–water partition coefficient (Wildman–Crippen LogP) is -3.33. The van der Waals surface area contributed by atoms with Crippen LogP contribution in [0.2, 0.25) is 0 Å². The summed E-state index contributed by atoms with van der Waals surface area (Å²) in [5.41, 5.74) is 0. The molecule has 5 nitrogen and oxygen atoms in total. The average molecular weight is 150 g/mol. The molecule has 0 heterocycles. The number of hydrogen-bond donors (Lipinski definition) is 0. The first-order chi connectivity index (χ1) is 3.06. The first-order valence-corrected chi connectivity index (χ1v) is 3.10. The first kappa shape index (κ1) is 11.4. The van der Waals surface area contributed by atoms with Crippen LogP contribution in [0.3, 0.4) is 0 Å². The van der Waals surface area contributed by atoms with Crippen molar-refractivity contribution in [3.63, 3.8) is 0 Å². The van der Waals surface area contributed by atoms with E-state index in [0.29, 0.717) is 0 Å². The van der Waals surface area contributed by atoms with E-state index in [1.807, 2.05) is 0 Å². The molecule has 0 aliphatic heterocycles. The van der Waals surface area contributed by atoms with Crippen LogP contribution in [-0.2, 0) is 18.9 Å². The summed E-state index contributed by atoms with van der Waals surface area (Å²) >= 11 is 0. The van der Waals surface area contributed by atoms with Gasteiger partial charge in [0.25, 0.3) is 0 Å². The average Bonchev–Trinajstić information content (AvgIpc) is 1.30. The third kappa shape index (κ3) is 9.76. The maximum absolute atomic E-state index is 9.25. The summed E-state index contributed by atoms with van der Waals surface area (Å²) < 4.78 is 39.9. The summed E-state index contributed by atoms with van der Waals surface area (Å²) in [6.07, 6.45) is 0. The van der Waals surface area contributed by atoms with Crippen LogP contribution in [0.1, 0.15) is 0 Å². The summed E-state index contributed by atoms with van der Waals surface area (Å²) in [6.45, 7) is 0. The van der Waals surface area contributed by atoms with E-state index in [2.05, 4.69) is 3.97 Å². The molecule has 0 N–H and O–H groups in total. The van der Waals surface area contributed by atoms with Crippen LogP contribution < -0.4 is 18.9 Å². The summed E-state index contributed by atoms with van der Waals surface area (Å²) in [5, 5.41) is 0. The van der Waals surface area contributed by atoms with Gasteiger partial charge in [0.2, 0.25) is 10.4 Å². The minimum atomic E-state index is -4.75. The Morgan fingerprint density at radius 3 is 1.88 bits per heavy atom.